The second-order valence-corrected chi connectivity index (χ2v) is 8.56. The minimum absolute atomic E-state index is 0.486. The van der Waals surface area contributed by atoms with E-state index in [0.29, 0.717) is 5.41 Å². The van der Waals surface area contributed by atoms with Gasteiger partial charge in [-0.05, 0) is 73.7 Å². The molecule has 0 saturated heterocycles. The summed E-state index contributed by atoms with van der Waals surface area (Å²) in [6, 6.07) is 0. The normalized spacial score (nSPS) is 41.2. The van der Waals surface area contributed by atoms with Gasteiger partial charge in [-0.25, -0.2) is 0 Å². The van der Waals surface area contributed by atoms with Gasteiger partial charge in [0.2, 0.25) is 0 Å². The molecular formula is C18H35N. The van der Waals surface area contributed by atoms with Crippen molar-refractivity contribution in [1.29, 1.82) is 0 Å². The highest BCUT2D eigenvalue weighted by atomic mass is 14.6. The van der Waals surface area contributed by atoms with Crippen LogP contribution < -0.4 is 5.73 Å². The van der Waals surface area contributed by atoms with Crippen LogP contribution in [-0.4, -0.2) is 6.54 Å². The molecule has 0 radical (unpaired) electrons. The van der Waals surface area contributed by atoms with Crippen molar-refractivity contribution in [2.45, 2.75) is 72.6 Å². The molecule has 2 rings (SSSR count). The van der Waals surface area contributed by atoms with E-state index in [1.807, 2.05) is 0 Å². The van der Waals surface area contributed by atoms with Crippen molar-refractivity contribution in [3.8, 4) is 0 Å². The Hall–Kier alpha value is -0.0400. The molecule has 19 heavy (non-hydrogen) atoms. The number of rotatable bonds is 2. The van der Waals surface area contributed by atoms with Crippen molar-refractivity contribution in [3.63, 3.8) is 0 Å². The lowest BCUT2D eigenvalue weighted by atomic mass is 9.60. The van der Waals surface area contributed by atoms with E-state index in [9.17, 15) is 0 Å². The molecule has 1 nitrogen and oxygen atoms in total. The quantitative estimate of drug-likeness (QED) is 0.759. The topological polar surface area (TPSA) is 26.0 Å². The second-order valence-electron chi connectivity index (χ2n) is 8.56. The highest BCUT2D eigenvalue weighted by Crippen LogP contribution is 2.48. The lowest BCUT2D eigenvalue weighted by Crippen LogP contribution is -2.39. The van der Waals surface area contributed by atoms with Crippen LogP contribution in [0.25, 0.3) is 0 Å². The molecule has 0 spiro atoms. The predicted molar refractivity (Wildman–Crippen MR) is 84.0 cm³/mol. The van der Waals surface area contributed by atoms with Crippen molar-refractivity contribution < 1.29 is 0 Å². The van der Waals surface area contributed by atoms with Crippen LogP contribution in [0.3, 0.4) is 0 Å². The third-order valence-electron chi connectivity index (χ3n) is 6.24. The Balaban J connectivity index is 2.01. The van der Waals surface area contributed by atoms with Crippen molar-refractivity contribution in [2.24, 2.45) is 40.7 Å². The van der Waals surface area contributed by atoms with Gasteiger partial charge in [-0.15, -0.1) is 0 Å². The Morgan fingerprint density at radius 3 is 2.11 bits per heavy atom. The summed E-state index contributed by atoms with van der Waals surface area (Å²) in [5, 5.41) is 0. The highest BCUT2D eigenvalue weighted by molar-refractivity contribution is 4.90. The Bertz CT molecular complexity index is 270. The van der Waals surface area contributed by atoms with Crippen LogP contribution in [0.15, 0.2) is 0 Å². The Morgan fingerprint density at radius 1 is 0.947 bits per heavy atom. The summed E-state index contributed by atoms with van der Waals surface area (Å²) in [6.45, 7) is 10.6. The molecule has 3 atom stereocenters. The second kappa shape index (κ2) is 6.16. The minimum Gasteiger partial charge on any atom is -0.330 e. The first-order valence-electron chi connectivity index (χ1n) is 8.62. The molecule has 1 heteroatoms. The summed E-state index contributed by atoms with van der Waals surface area (Å²) >= 11 is 0. The van der Waals surface area contributed by atoms with E-state index in [0.717, 1.165) is 36.1 Å². The molecule has 2 aliphatic rings. The standard InChI is InChI=1S/C18H35N/c1-13-5-7-14(8-6-13)17-11-16(18(2,3)4)10-9-15(17)12-19/h13-17H,5-12,19H2,1-4H3. The summed E-state index contributed by atoms with van der Waals surface area (Å²) in [7, 11) is 0. The van der Waals surface area contributed by atoms with Gasteiger partial charge in [0.1, 0.15) is 0 Å². The third-order valence-corrected chi connectivity index (χ3v) is 6.24. The highest BCUT2D eigenvalue weighted by Gasteiger charge is 2.39. The van der Waals surface area contributed by atoms with Crippen molar-refractivity contribution in [1.82, 2.24) is 0 Å². The molecule has 2 saturated carbocycles. The molecule has 112 valence electrons. The summed E-state index contributed by atoms with van der Waals surface area (Å²) in [6.07, 6.45) is 10.1. The van der Waals surface area contributed by atoms with E-state index in [1.54, 1.807) is 0 Å². The molecule has 0 aromatic heterocycles. The van der Waals surface area contributed by atoms with Crippen LogP contribution in [0.4, 0.5) is 0 Å². The van der Waals surface area contributed by atoms with Crippen LogP contribution >= 0.6 is 0 Å². The molecule has 0 heterocycles. The van der Waals surface area contributed by atoms with Crippen LogP contribution in [0, 0.1) is 35.0 Å². The van der Waals surface area contributed by atoms with Crippen molar-refractivity contribution >= 4 is 0 Å². The molecule has 2 aliphatic carbocycles. The monoisotopic (exact) mass is 265 g/mol. The van der Waals surface area contributed by atoms with Gasteiger partial charge in [-0.1, -0.05) is 40.5 Å². The zero-order chi connectivity index (χ0) is 14.0. The molecule has 3 unspecified atom stereocenters. The zero-order valence-electron chi connectivity index (χ0n) is 13.6. The van der Waals surface area contributed by atoms with E-state index in [2.05, 4.69) is 27.7 Å². The van der Waals surface area contributed by atoms with Crippen LogP contribution in [0.5, 0.6) is 0 Å². The SMILES string of the molecule is CC1CCC(C2CC(C(C)(C)C)CCC2CN)CC1. The maximum absolute atomic E-state index is 6.08. The van der Waals surface area contributed by atoms with E-state index in [4.69, 9.17) is 5.73 Å². The number of hydrogen-bond acceptors (Lipinski definition) is 1. The average Bonchev–Trinajstić information content (AvgIpc) is 2.38. The van der Waals surface area contributed by atoms with Crippen LogP contribution in [-0.2, 0) is 0 Å². The first-order valence-corrected chi connectivity index (χ1v) is 8.62. The zero-order valence-corrected chi connectivity index (χ0v) is 13.6. The van der Waals surface area contributed by atoms with Gasteiger partial charge in [-0.2, -0.15) is 0 Å². The van der Waals surface area contributed by atoms with Gasteiger partial charge in [0.05, 0.1) is 0 Å². The maximum Gasteiger partial charge on any atom is -0.00461 e. The van der Waals surface area contributed by atoms with Crippen LogP contribution in [0.1, 0.15) is 72.6 Å². The minimum atomic E-state index is 0.486. The Labute approximate surface area is 120 Å². The smallest absolute Gasteiger partial charge is 0.00461 e. The third kappa shape index (κ3) is 3.74. The molecule has 2 fully saturated rings. The van der Waals surface area contributed by atoms with Crippen molar-refractivity contribution in [2.75, 3.05) is 6.54 Å². The summed E-state index contributed by atoms with van der Waals surface area (Å²) in [5.74, 6) is 4.61. The van der Waals surface area contributed by atoms with Gasteiger partial charge in [0.25, 0.3) is 0 Å². The average molecular weight is 265 g/mol. The van der Waals surface area contributed by atoms with Crippen LogP contribution in [0.2, 0.25) is 0 Å². The maximum atomic E-state index is 6.08. The molecule has 0 aromatic rings. The Kier molecular flexibility index (Phi) is 4.98. The first-order chi connectivity index (χ1) is 8.91. The summed E-state index contributed by atoms with van der Waals surface area (Å²) < 4.78 is 0. The molecule has 2 N–H and O–H groups in total. The molecule has 0 aromatic carbocycles. The number of nitrogens with two attached hydrogens (primary N) is 1. The van der Waals surface area contributed by atoms with E-state index in [-0.39, 0.29) is 0 Å². The molecular weight excluding hydrogens is 230 g/mol. The van der Waals surface area contributed by atoms with Gasteiger partial charge in [-0.3, -0.25) is 0 Å². The van der Waals surface area contributed by atoms with Gasteiger partial charge >= 0.3 is 0 Å². The summed E-state index contributed by atoms with van der Waals surface area (Å²) in [4.78, 5) is 0. The summed E-state index contributed by atoms with van der Waals surface area (Å²) in [5.41, 5.74) is 6.57. The fraction of sp³-hybridized carbons (Fsp3) is 1.00. The fourth-order valence-electron chi connectivity index (χ4n) is 4.64. The number of hydrogen-bond donors (Lipinski definition) is 1. The largest absolute Gasteiger partial charge is 0.330 e. The molecule has 0 amide bonds. The first kappa shape index (κ1) is 15.4. The molecule has 0 aliphatic heterocycles. The van der Waals surface area contributed by atoms with E-state index in [1.165, 1.54) is 44.9 Å². The predicted octanol–water partition coefficient (Wildman–Crippen LogP) is 4.85. The fourth-order valence-corrected chi connectivity index (χ4v) is 4.64. The Morgan fingerprint density at radius 2 is 1.58 bits per heavy atom. The lowest BCUT2D eigenvalue weighted by molar-refractivity contribution is 0.0490. The van der Waals surface area contributed by atoms with Gasteiger partial charge in [0.15, 0.2) is 0 Å². The van der Waals surface area contributed by atoms with E-state index < -0.39 is 0 Å². The van der Waals surface area contributed by atoms with E-state index >= 15 is 0 Å². The van der Waals surface area contributed by atoms with Gasteiger partial charge in [0, 0.05) is 0 Å². The van der Waals surface area contributed by atoms with Gasteiger partial charge < -0.3 is 5.73 Å². The molecule has 0 bridgehead atoms. The lowest BCUT2D eigenvalue weighted by Gasteiger charge is -2.46. The van der Waals surface area contributed by atoms with Crippen molar-refractivity contribution in [3.05, 3.63) is 0 Å².